The molecule has 6 nitrogen and oxygen atoms in total. The van der Waals surface area contributed by atoms with Crippen LogP contribution in [-0.2, 0) is 14.3 Å². The van der Waals surface area contributed by atoms with Crippen molar-refractivity contribution >= 4 is 11.8 Å². The molecule has 1 aliphatic carbocycles. The molecule has 2 saturated heterocycles. The summed E-state index contributed by atoms with van der Waals surface area (Å²) in [6, 6.07) is -0.488. The fraction of sp³-hybridized carbons (Fsp3) is 0.931. The Kier molecular flexibility index (Phi) is 11.3. The van der Waals surface area contributed by atoms with Gasteiger partial charge in [-0.1, -0.05) is 53.4 Å². The molecule has 2 heterocycles. The van der Waals surface area contributed by atoms with E-state index in [2.05, 4.69) is 43.2 Å². The summed E-state index contributed by atoms with van der Waals surface area (Å²) in [4.78, 5) is 29.9. The van der Waals surface area contributed by atoms with Gasteiger partial charge in [0.1, 0.15) is 6.04 Å². The summed E-state index contributed by atoms with van der Waals surface area (Å²) in [7, 11) is 0. The van der Waals surface area contributed by atoms with Gasteiger partial charge >= 0.3 is 0 Å². The highest BCUT2D eigenvalue weighted by Crippen LogP contribution is 2.38. The minimum atomic E-state index is -0.478. The first-order chi connectivity index (χ1) is 16.8. The first kappa shape index (κ1) is 28.4. The van der Waals surface area contributed by atoms with Crippen LogP contribution in [0.2, 0.25) is 0 Å². The number of carbonyl (C=O) groups is 2. The molecule has 2 amide bonds. The molecule has 0 bridgehead atoms. The van der Waals surface area contributed by atoms with Crippen LogP contribution >= 0.6 is 0 Å². The number of hydrogen-bond donors (Lipinski definition) is 2. The van der Waals surface area contributed by atoms with E-state index < -0.39 is 6.04 Å². The number of nitrogens with one attached hydrogen (secondary N) is 2. The average Bonchev–Trinajstić information content (AvgIpc) is 3.31. The normalized spacial score (nSPS) is 28.3. The highest BCUT2D eigenvalue weighted by molar-refractivity contribution is 5.90. The highest BCUT2D eigenvalue weighted by Gasteiger charge is 2.42. The topological polar surface area (TPSA) is 70.7 Å². The Morgan fingerprint density at radius 1 is 0.886 bits per heavy atom. The number of carbonyl (C=O) groups excluding carboxylic acids is 2. The maximum Gasteiger partial charge on any atom is 0.242 e. The lowest BCUT2D eigenvalue weighted by atomic mass is 9.73. The van der Waals surface area contributed by atoms with Gasteiger partial charge in [0.25, 0.3) is 0 Å². The fourth-order valence-electron chi connectivity index (χ4n) is 6.44. The molecule has 3 fully saturated rings. The SMILES string of the molecule is CC(C)C[C@H]1COCCCCCC2(CCN(CC3CCCC3)CC2)C(=O)N[C@@H](CC(C)C)C(=O)N1. The molecule has 1 spiro atoms. The van der Waals surface area contributed by atoms with Crippen molar-refractivity contribution in [3.63, 3.8) is 0 Å². The molecular weight excluding hydrogens is 438 g/mol. The second-order valence-electron chi connectivity index (χ2n) is 12.6. The van der Waals surface area contributed by atoms with Crippen molar-refractivity contribution in [1.82, 2.24) is 15.5 Å². The van der Waals surface area contributed by atoms with Gasteiger partial charge in [-0.05, 0) is 82.2 Å². The van der Waals surface area contributed by atoms with Crippen LogP contribution < -0.4 is 10.6 Å². The summed E-state index contributed by atoms with van der Waals surface area (Å²) in [5, 5.41) is 6.49. The standard InChI is InChI=1S/C29H53N3O3/c1-22(2)18-25-21-35-17-9-5-8-12-29(28(34)31-26(19-23(3)4)27(33)30-25)13-15-32(16-14-29)20-24-10-6-7-11-24/h22-26H,5-21H2,1-4H3,(H,30,33)(H,31,34)/t25-,26-/m0/s1. The third-order valence-corrected chi connectivity index (χ3v) is 8.48. The van der Waals surface area contributed by atoms with Gasteiger partial charge in [-0.15, -0.1) is 0 Å². The maximum absolute atomic E-state index is 13.9. The van der Waals surface area contributed by atoms with Gasteiger partial charge in [-0.25, -0.2) is 0 Å². The van der Waals surface area contributed by atoms with Crippen LogP contribution in [0.3, 0.4) is 0 Å². The predicted octanol–water partition coefficient (Wildman–Crippen LogP) is 4.91. The molecular formula is C29H53N3O3. The average molecular weight is 492 g/mol. The Labute approximate surface area is 214 Å². The van der Waals surface area contributed by atoms with Crippen LogP contribution in [0.1, 0.15) is 105 Å². The Bertz CT molecular complexity index is 652. The van der Waals surface area contributed by atoms with Crippen LogP contribution in [-0.4, -0.2) is 61.6 Å². The van der Waals surface area contributed by atoms with Crippen LogP contribution in [0.15, 0.2) is 0 Å². The molecule has 3 rings (SSSR count). The zero-order chi connectivity index (χ0) is 25.3. The van der Waals surface area contributed by atoms with Crippen molar-refractivity contribution in [3.05, 3.63) is 0 Å². The van der Waals surface area contributed by atoms with Gasteiger partial charge in [0, 0.05) is 13.2 Å². The van der Waals surface area contributed by atoms with Crippen LogP contribution in [0, 0.1) is 23.2 Å². The van der Waals surface area contributed by atoms with Crippen molar-refractivity contribution in [3.8, 4) is 0 Å². The van der Waals surface area contributed by atoms with Crippen molar-refractivity contribution < 1.29 is 14.3 Å². The van der Waals surface area contributed by atoms with Gasteiger partial charge < -0.3 is 20.3 Å². The van der Waals surface area contributed by atoms with Gasteiger partial charge in [0.15, 0.2) is 0 Å². The third kappa shape index (κ3) is 9.03. The molecule has 0 aromatic carbocycles. The van der Waals surface area contributed by atoms with Crippen molar-refractivity contribution in [1.29, 1.82) is 0 Å². The van der Waals surface area contributed by atoms with Crippen molar-refractivity contribution in [2.45, 2.75) is 117 Å². The number of hydrogen-bond acceptors (Lipinski definition) is 4. The second-order valence-corrected chi connectivity index (χ2v) is 12.6. The molecule has 202 valence electrons. The number of nitrogens with zero attached hydrogens (tertiary/aromatic N) is 1. The van der Waals surface area contributed by atoms with Gasteiger partial charge in [0.05, 0.1) is 18.1 Å². The van der Waals surface area contributed by atoms with E-state index >= 15 is 0 Å². The smallest absolute Gasteiger partial charge is 0.242 e. The van der Waals surface area contributed by atoms with E-state index in [1.54, 1.807) is 0 Å². The Morgan fingerprint density at radius 3 is 2.23 bits per heavy atom. The molecule has 2 atom stereocenters. The molecule has 0 aromatic heterocycles. The third-order valence-electron chi connectivity index (χ3n) is 8.48. The van der Waals surface area contributed by atoms with Gasteiger partial charge in [-0.3, -0.25) is 9.59 Å². The molecule has 3 aliphatic rings. The number of amides is 2. The van der Waals surface area contributed by atoms with Gasteiger partial charge in [-0.2, -0.15) is 0 Å². The molecule has 1 saturated carbocycles. The lowest BCUT2D eigenvalue weighted by Crippen LogP contribution is -2.56. The Balaban J connectivity index is 1.71. The van der Waals surface area contributed by atoms with E-state index in [1.165, 1.54) is 32.2 Å². The van der Waals surface area contributed by atoms with E-state index in [9.17, 15) is 9.59 Å². The van der Waals surface area contributed by atoms with E-state index in [0.29, 0.717) is 24.9 Å². The quantitative estimate of drug-likeness (QED) is 0.554. The van der Waals surface area contributed by atoms with E-state index in [0.717, 1.165) is 70.6 Å². The Hall–Kier alpha value is -1.14. The van der Waals surface area contributed by atoms with Crippen molar-refractivity contribution in [2.24, 2.45) is 23.2 Å². The number of piperidine rings is 1. The molecule has 2 N–H and O–H groups in total. The highest BCUT2D eigenvalue weighted by atomic mass is 16.5. The number of rotatable bonds is 6. The lowest BCUT2D eigenvalue weighted by Gasteiger charge is -2.42. The second kappa shape index (κ2) is 14.0. The minimum Gasteiger partial charge on any atom is -0.379 e. The first-order valence-corrected chi connectivity index (χ1v) is 14.7. The number of likely N-dealkylation sites (tertiary alicyclic amines) is 1. The van der Waals surface area contributed by atoms with Crippen LogP contribution in [0.25, 0.3) is 0 Å². The Morgan fingerprint density at radius 2 is 1.57 bits per heavy atom. The zero-order valence-corrected chi connectivity index (χ0v) is 23.1. The van der Waals surface area contributed by atoms with E-state index in [4.69, 9.17) is 4.74 Å². The first-order valence-electron chi connectivity index (χ1n) is 14.7. The monoisotopic (exact) mass is 491 g/mol. The zero-order valence-electron chi connectivity index (χ0n) is 23.1. The van der Waals surface area contributed by atoms with Crippen molar-refractivity contribution in [2.75, 3.05) is 32.8 Å². The molecule has 0 unspecified atom stereocenters. The summed E-state index contributed by atoms with van der Waals surface area (Å²) in [6.45, 7) is 13.1. The van der Waals surface area contributed by atoms with Gasteiger partial charge in [0.2, 0.25) is 11.8 Å². The predicted molar refractivity (Wildman–Crippen MR) is 142 cm³/mol. The number of ether oxygens (including phenoxy) is 1. The summed E-state index contributed by atoms with van der Waals surface area (Å²) in [6.07, 6.45) is 13.0. The van der Waals surface area contributed by atoms with Crippen LogP contribution in [0.5, 0.6) is 0 Å². The summed E-state index contributed by atoms with van der Waals surface area (Å²) >= 11 is 0. The van der Waals surface area contributed by atoms with E-state index in [1.807, 2.05) is 0 Å². The van der Waals surface area contributed by atoms with Crippen LogP contribution in [0.4, 0.5) is 0 Å². The summed E-state index contributed by atoms with van der Waals surface area (Å²) in [5.74, 6) is 1.71. The minimum absolute atomic E-state index is 0.00945. The molecule has 2 aliphatic heterocycles. The van der Waals surface area contributed by atoms with E-state index in [-0.39, 0.29) is 23.3 Å². The fourth-order valence-corrected chi connectivity index (χ4v) is 6.44. The molecule has 0 radical (unpaired) electrons. The summed E-state index contributed by atoms with van der Waals surface area (Å²) < 4.78 is 5.98. The maximum atomic E-state index is 13.9. The lowest BCUT2D eigenvalue weighted by molar-refractivity contribution is -0.139. The summed E-state index contributed by atoms with van der Waals surface area (Å²) in [5.41, 5.74) is -0.343. The molecule has 35 heavy (non-hydrogen) atoms. The molecule has 6 heteroatoms. The molecule has 0 aromatic rings. The largest absolute Gasteiger partial charge is 0.379 e.